The van der Waals surface area contributed by atoms with Crippen molar-refractivity contribution in [3.05, 3.63) is 36.0 Å². The zero-order valence-electron chi connectivity index (χ0n) is 16.2. The topological polar surface area (TPSA) is 48.6 Å². The van der Waals surface area contributed by atoms with Gasteiger partial charge >= 0.3 is 0 Å². The Morgan fingerprint density at radius 1 is 1.26 bits per heavy atom. The molecule has 1 aromatic carbocycles. The Labute approximate surface area is 167 Å². The smallest absolute Gasteiger partial charge is 0.248 e. The van der Waals surface area contributed by atoms with Crippen LogP contribution >= 0.6 is 12.4 Å². The molecule has 27 heavy (non-hydrogen) atoms. The summed E-state index contributed by atoms with van der Waals surface area (Å²) >= 11 is 0. The number of para-hydroxylation sites is 1. The predicted molar refractivity (Wildman–Crippen MR) is 110 cm³/mol. The molecule has 0 saturated carbocycles. The van der Waals surface area contributed by atoms with E-state index in [0.717, 1.165) is 45.4 Å². The second-order valence-electron chi connectivity index (χ2n) is 7.66. The van der Waals surface area contributed by atoms with Crippen molar-refractivity contribution in [2.45, 2.75) is 44.8 Å². The summed E-state index contributed by atoms with van der Waals surface area (Å²) in [5.41, 5.74) is 2.46. The fourth-order valence-corrected chi connectivity index (χ4v) is 4.69. The van der Waals surface area contributed by atoms with Gasteiger partial charge in [0.15, 0.2) is 0 Å². The fraction of sp³-hybridized carbons (Fsp3) is 0.571. The first-order valence-corrected chi connectivity index (χ1v) is 9.84. The number of ether oxygens (including phenoxy) is 1. The summed E-state index contributed by atoms with van der Waals surface area (Å²) in [6.45, 7) is 8.38. The number of aromatic amines is 1. The SMILES string of the molecule is CCN1C(=O)COC2(CCN(CCc3c[nH]c4ccccc34)CC2)C1C.Cl. The molecule has 1 unspecified atom stereocenters. The summed E-state index contributed by atoms with van der Waals surface area (Å²) in [5, 5.41) is 1.34. The first kappa shape index (κ1) is 20.2. The lowest BCUT2D eigenvalue weighted by Crippen LogP contribution is -2.63. The van der Waals surface area contributed by atoms with E-state index in [4.69, 9.17) is 4.74 Å². The maximum absolute atomic E-state index is 12.1. The Morgan fingerprint density at radius 2 is 2.00 bits per heavy atom. The Bertz CT molecular complexity index is 783. The van der Waals surface area contributed by atoms with Gasteiger partial charge in [-0.05, 0) is 44.7 Å². The first-order chi connectivity index (χ1) is 12.6. The Kier molecular flexibility index (Phi) is 6.14. The molecule has 1 spiro atoms. The molecule has 0 bridgehead atoms. The number of morpholine rings is 1. The highest BCUT2D eigenvalue weighted by molar-refractivity contribution is 5.85. The molecule has 2 aromatic rings. The van der Waals surface area contributed by atoms with Crippen LogP contribution in [0.15, 0.2) is 30.5 Å². The molecule has 2 fully saturated rings. The molecule has 2 saturated heterocycles. The number of amides is 1. The number of aromatic nitrogens is 1. The highest BCUT2D eigenvalue weighted by Gasteiger charge is 2.47. The number of hydrogen-bond acceptors (Lipinski definition) is 3. The molecular weight excluding hydrogens is 362 g/mol. The van der Waals surface area contributed by atoms with E-state index in [-0.39, 0.29) is 36.6 Å². The van der Waals surface area contributed by atoms with Crippen LogP contribution < -0.4 is 0 Å². The van der Waals surface area contributed by atoms with Gasteiger partial charge in [-0.25, -0.2) is 0 Å². The number of hydrogen-bond donors (Lipinski definition) is 1. The number of likely N-dealkylation sites (N-methyl/N-ethyl adjacent to an activating group) is 1. The highest BCUT2D eigenvalue weighted by atomic mass is 35.5. The van der Waals surface area contributed by atoms with Gasteiger partial charge < -0.3 is 19.5 Å². The van der Waals surface area contributed by atoms with Gasteiger partial charge in [0.2, 0.25) is 5.91 Å². The van der Waals surface area contributed by atoms with E-state index in [1.807, 2.05) is 4.90 Å². The van der Waals surface area contributed by atoms with E-state index in [0.29, 0.717) is 0 Å². The number of likely N-dealkylation sites (tertiary alicyclic amines) is 1. The zero-order valence-corrected chi connectivity index (χ0v) is 17.1. The summed E-state index contributed by atoms with van der Waals surface area (Å²) in [5.74, 6) is 0.132. The molecule has 2 aliphatic rings. The van der Waals surface area contributed by atoms with Crippen molar-refractivity contribution < 1.29 is 9.53 Å². The molecule has 3 heterocycles. The third kappa shape index (κ3) is 3.73. The molecule has 0 aliphatic carbocycles. The number of piperidine rings is 1. The lowest BCUT2D eigenvalue weighted by Gasteiger charge is -2.51. The highest BCUT2D eigenvalue weighted by Crippen LogP contribution is 2.35. The number of carbonyl (C=O) groups is 1. The van der Waals surface area contributed by atoms with E-state index in [2.05, 4.69) is 54.2 Å². The van der Waals surface area contributed by atoms with E-state index in [1.165, 1.54) is 16.5 Å². The van der Waals surface area contributed by atoms with Crippen LogP contribution in [0.4, 0.5) is 0 Å². The fourth-order valence-electron chi connectivity index (χ4n) is 4.69. The number of halogens is 1. The molecule has 6 heteroatoms. The Morgan fingerprint density at radius 3 is 2.74 bits per heavy atom. The lowest BCUT2D eigenvalue weighted by atomic mass is 9.82. The Hall–Kier alpha value is -1.56. The molecule has 0 radical (unpaired) electrons. The van der Waals surface area contributed by atoms with E-state index in [1.54, 1.807) is 0 Å². The summed E-state index contributed by atoms with van der Waals surface area (Å²) < 4.78 is 6.10. The number of nitrogens with zero attached hydrogens (tertiary/aromatic N) is 2. The average Bonchev–Trinajstić information content (AvgIpc) is 3.08. The van der Waals surface area contributed by atoms with Crippen LogP contribution in [0.3, 0.4) is 0 Å². The molecule has 5 nitrogen and oxygen atoms in total. The van der Waals surface area contributed by atoms with Crippen molar-refractivity contribution >= 4 is 29.2 Å². The maximum Gasteiger partial charge on any atom is 0.248 e. The van der Waals surface area contributed by atoms with Gasteiger partial charge in [0.05, 0.1) is 11.6 Å². The summed E-state index contributed by atoms with van der Waals surface area (Å²) in [4.78, 5) is 20.0. The molecule has 1 atom stereocenters. The van der Waals surface area contributed by atoms with Crippen molar-refractivity contribution in [3.8, 4) is 0 Å². The molecule has 2 aliphatic heterocycles. The molecular formula is C21H30ClN3O2. The number of carbonyl (C=O) groups excluding carboxylic acids is 1. The van der Waals surface area contributed by atoms with Crippen LogP contribution in [0, 0.1) is 0 Å². The number of fused-ring (bicyclic) bond motifs is 1. The van der Waals surface area contributed by atoms with Gasteiger partial charge in [-0.1, -0.05) is 18.2 Å². The van der Waals surface area contributed by atoms with Crippen LogP contribution in [0.5, 0.6) is 0 Å². The molecule has 148 valence electrons. The van der Waals surface area contributed by atoms with Crippen molar-refractivity contribution in [1.29, 1.82) is 0 Å². The van der Waals surface area contributed by atoms with Gasteiger partial charge in [-0.2, -0.15) is 0 Å². The van der Waals surface area contributed by atoms with E-state index < -0.39 is 0 Å². The van der Waals surface area contributed by atoms with Crippen molar-refractivity contribution in [3.63, 3.8) is 0 Å². The zero-order chi connectivity index (χ0) is 18.1. The number of nitrogens with one attached hydrogen (secondary N) is 1. The van der Waals surface area contributed by atoms with E-state index in [9.17, 15) is 4.79 Å². The third-order valence-electron chi connectivity index (χ3n) is 6.45. The largest absolute Gasteiger partial charge is 0.363 e. The second-order valence-corrected chi connectivity index (χ2v) is 7.66. The quantitative estimate of drug-likeness (QED) is 0.870. The minimum Gasteiger partial charge on any atom is -0.363 e. The second kappa shape index (κ2) is 8.21. The van der Waals surface area contributed by atoms with Gasteiger partial charge in [-0.3, -0.25) is 4.79 Å². The number of benzene rings is 1. The normalized spacial score (nSPS) is 23.0. The Balaban J connectivity index is 0.00000210. The van der Waals surface area contributed by atoms with Gasteiger partial charge in [0.25, 0.3) is 0 Å². The molecule has 1 aromatic heterocycles. The first-order valence-electron chi connectivity index (χ1n) is 9.84. The number of H-pyrrole nitrogens is 1. The van der Waals surface area contributed by atoms with Gasteiger partial charge in [0.1, 0.15) is 6.61 Å². The molecule has 1 amide bonds. The van der Waals surface area contributed by atoms with Crippen molar-refractivity contribution in [1.82, 2.24) is 14.8 Å². The standard InChI is InChI=1S/C21H29N3O2.ClH/c1-3-24-16(2)21(26-15-20(24)25)9-12-23(13-10-21)11-8-17-14-22-19-7-5-4-6-18(17)19;/h4-7,14,16,22H,3,8-13,15H2,1-2H3;1H. The summed E-state index contributed by atoms with van der Waals surface area (Å²) in [7, 11) is 0. The minimum absolute atomic E-state index is 0. The minimum atomic E-state index is -0.152. The van der Waals surface area contributed by atoms with Crippen LogP contribution in [0.2, 0.25) is 0 Å². The summed E-state index contributed by atoms with van der Waals surface area (Å²) in [6.07, 6.45) is 5.22. The molecule has 4 rings (SSSR count). The van der Waals surface area contributed by atoms with Gasteiger partial charge in [0, 0.05) is 43.3 Å². The van der Waals surface area contributed by atoms with Crippen molar-refractivity contribution in [2.24, 2.45) is 0 Å². The summed E-state index contributed by atoms with van der Waals surface area (Å²) in [6, 6.07) is 8.67. The van der Waals surface area contributed by atoms with Gasteiger partial charge in [-0.15, -0.1) is 12.4 Å². The van der Waals surface area contributed by atoms with Crippen LogP contribution in [0.25, 0.3) is 10.9 Å². The number of rotatable bonds is 4. The van der Waals surface area contributed by atoms with E-state index >= 15 is 0 Å². The maximum atomic E-state index is 12.1. The van der Waals surface area contributed by atoms with Crippen LogP contribution in [-0.4, -0.2) is 65.1 Å². The third-order valence-corrected chi connectivity index (χ3v) is 6.45. The van der Waals surface area contributed by atoms with Crippen LogP contribution in [0.1, 0.15) is 32.3 Å². The van der Waals surface area contributed by atoms with Crippen LogP contribution in [-0.2, 0) is 16.0 Å². The monoisotopic (exact) mass is 391 g/mol. The molecule has 1 N–H and O–H groups in total. The average molecular weight is 392 g/mol. The van der Waals surface area contributed by atoms with Crippen molar-refractivity contribution in [2.75, 3.05) is 32.8 Å². The predicted octanol–water partition coefficient (Wildman–Crippen LogP) is 3.23. The lowest BCUT2D eigenvalue weighted by molar-refractivity contribution is -0.185.